The molecule has 0 aliphatic carbocycles. The highest BCUT2D eigenvalue weighted by molar-refractivity contribution is 6.07. The third kappa shape index (κ3) is 3.88. The van der Waals surface area contributed by atoms with Gasteiger partial charge in [0.2, 0.25) is 0 Å². The van der Waals surface area contributed by atoms with Crippen molar-refractivity contribution in [2.75, 3.05) is 19.5 Å². The molecular weight excluding hydrogens is 308 g/mol. The fraction of sp³-hybridized carbons (Fsp3) is 0.188. The molecule has 0 heterocycles. The van der Waals surface area contributed by atoms with Crippen LogP contribution in [-0.2, 0) is 0 Å². The van der Waals surface area contributed by atoms with Crippen LogP contribution in [0.5, 0.6) is 17.2 Å². The predicted molar refractivity (Wildman–Crippen MR) is 80.6 cm³/mol. The summed E-state index contributed by atoms with van der Waals surface area (Å²) in [6.07, 6.45) is 0. The Morgan fingerprint density at radius 1 is 1.00 bits per heavy atom. The minimum Gasteiger partial charge on any atom is -0.493 e. The highest BCUT2D eigenvalue weighted by Gasteiger charge is 2.18. The van der Waals surface area contributed by atoms with E-state index in [2.05, 4.69) is 10.1 Å². The van der Waals surface area contributed by atoms with Crippen LogP contribution in [0.15, 0.2) is 42.5 Å². The molecule has 0 aliphatic heterocycles. The number of ether oxygens (including phenoxy) is 3. The van der Waals surface area contributed by atoms with E-state index in [1.165, 1.54) is 38.5 Å². The Labute approximate surface area is 131 Å². The summed E-state index contributed by atoms with van der Waals surface area (Å²) < 4.78 is 39.5. The summed E-state index contributed by atoms with van der Waals surface area (Å²) in [6, 6.07) is 10.7. The molecule has 0 atom stereocenters. The van der Waals surface area contributed by atoms with E-state index >= 15 is 0 Å². The number of benzene rings is 2. The maximum absolute atomic E-state index is 12.4. The van der Waals surface area contributed by atoms with Crippen molar-refractivity contribution in [3.05, 3.63) is 48.0 Å². The molecule has 0 aromatic heterocycles. The van der Waals surface area contributed by atoms with Crippen molar-refractivity contribution in [2.45, 2.75) is 6.61 Å². The summed E-state index contributed by atoms with van der Waals surface area (Å²) in [7, 11) is 2.85. The standard InChI is InChI=1S/C16H15F2NO4/c1-21-13-9-5-6-10(14(13)22-2)15(20)19-11-7-3-4-8-12(11)23-16(17)18/h3-9,16H,1-2H3,(H,19,20). The Kier molecular flexibility index (Phi) is 5.35. The van der Waals surface area contributed by atoms with Gasteiger partial charge in [0.15, 0.2) is 11.5 Å². The monoisotopic (exact) mass is 323 g/mol. The van der Waals surface area contributed by atoms with E-state index in [4.69, 9.17) is 9.47 Å². The maximum Gasteiger partial charge on any atom is 0.387 e. The predicted octanol–water partition coefficient (Wildman–Crippen LogP) is 3.56. The maximum atomic E-state index is 12.4. The Bertz CT molecular complexity index is 692. The fourth-order valence-corrected chi connectivity index (χ4v) is 2.02. The molecule has 122 valence electrons. The van der Waals surface area contributed by atoms with E-state index in [-0.39, 0.29) is 22.7 Å². The minimum atomic E-state index is -2.99. The van der Waals surface area contributed by atoms with Crippen LogP contribution in [0, 0.1) is 0 Å². The average Bonchev–Trinajstić information content (AvgIpc) is 2.55. The summed E-state index contributed by atoms with van der Waals surface area (Å²) in [5.74, 6) is -0.0270. The molecule has 0 unspecified atom stereocenters. The second kappa shape index (κ2) is 7.44. The highest BCUT2D eigenvalue weighted by atomic mass is 19.3. The van der Waals surface area contributed by atoms with Crippen LogP contribution >= 0.6 is 0 Å². The second-order valence-electron chi connectivity index (χ2n) is 4.37. The highest BCUT2D eigenvalue weighted by Crippen LogP contribution is 2.32. The van der Waals surface area contributed by atoms with Crippen molar-refractivity contribution in [1.29, 1.82) is 0 Å². The van der Waals surface area contributed by atoms with Crippen molar-refractivity contribution < 1.29 is 27.8 Å². The van der Waals surface area contributed by atoms with Crippen molar-refractivity contribution in [2.24, 2.45) is 0 Å². The van der Waals surface area contributed by atoms with Gasteiger partial charge in [-0.05, 0) is 24.3 Å². The van der Waals surface area contributed by atoms with Gasteiger partial charge in [0.25, 0.3) is 5.91 Å². The third-order valence-corrected chi connectivity index (χ3v) is 3.00. The van der Waals surface area contributed by atoms with Crippen molar-refractivity contribution >= 4 is 11.6 Å². The Morgan fingerprint density at radius 2 is 1.70 bits per heavy atom. The second-order valence-corrected chi connectivity index (χ2v) is 4.37. The largest absolute Gasteiger partial charge is 0.493 e. The van der Waals surface area contributed by atoms with Gasteiger partial charge in [0, 0.05) is 0 Å². The van der Waals surface area contributed by atoms with Gasteiger partial charge < -0.3 is 19.5 Å². The lowest BCUT2D eigenvalue weighted by Crippen LogP contribution is -2.15. The average molecular weight is 323 g/mol. The summed E-state index contributed by atoms with van der Waals surface area (Å²) in [5, 5.41) is 2.53. The van der Waals surface area contributed by atoms with Crippen LogP contribution in [0.2, 0.25) is 0 Å². The van der Waals surface area contributed by atoms with Crippen LogP contribution < -0.4 is 19.5 Å². The smallest absolute Gasteiger partial charge is 0.387 e. The molecule has 7 heteroatoms. The number of carbonyl (C=O) groups excluding carboxylic acids is 1. The first-order chi connectivity index (χ1) is 11.1. The van der Waals surface area contributed by atoms with Gasteiger partial charge in [-0.3, -0.25) is 4.79 Å². The molecule has 2 aromatic rings. The molecule has 1 N–H and O–H groups in total. The zero-order chi connectivity index (χ0) is 16.8. The first-order valence-electron chi connectivity index (χ1n) is 6.63. The van der Waals surface area contributed by atoms with Crippen molar-refractivity contribution in [3.63, 3.8) is 0 Å². The third-order valence-electron chi connectivity index (χ3n) is 3.00. The summed E-state index contributed by atoms with van der Waals surface area (Å²) in [6.45, 7) is -2.99. The Balaban J connectivity index is 2.30. The lowest BCUT2D eigenvalue weighted by atomic mass is 10.1. The van der Waals surface area contributed by atoms with Gasteiger partial charge in [-0.2, -0.15) is 8.78 Å². The number of carbonyl (C=O) groups is 1. The zero-order valence-corrected chi connectivity index (χ0v) is 12.5. The lowest BCUT2D eigenvalue weighted by molar-refractivity contribution is -0.0493. The quantitative estimate of drug-likeness (QED) is 0.883. The molecule has 2 aromatic carbocycles. The number of anilines is 1. The fourth-order valence-electron chi connectivity index (χ4n) is 2.02. The number of halogens is 2. The van der Waals surface area contributed by atoms with E-state index < -0.39 is 12.5 Å². The van der Waals surface area contributed by atoms with Crippen LogP contribution in [0.25, 0.3) is 0 Å². The SMILES string of the molecule is COc1cccc(C(=O)Nc2ccccc2OC(F)F)c1OC. The summed E-state index contributed by atoms with van der Waals surface area (Å²) in [4.78, 5) is 12.4. The molecule has 0 fully saturated rings. The Morgan fingerprint density at radius 3 is 2.35 bits per heavy atom. The molecule has 0 radical (unpaired) electrons. The number of hydrogen-bond donors (Lipinski definition) is 1. The number of para-hydroxylation sites is 3. The van der Waals surface area contributed by atoms with E-state index in [0.29, 0.717) is 5.75 Å². The molecule has 1 amide bonds. The molecule has 2 rings (SSSR count). The minimum absolute atomic E-state index is 0.127. The van der Waals surface area contributed by atoms with Crippen LogP contribution in [0.1, 0.15) is 10.4 Å². The van der Waals surface area contributed by atoms with Crippen molar-refractivity contribution in [1.82, 2.24) is 0 Å². The molecule has 0 bridgehead atoms. The summed E-state index contributed by atoms with van der Waals surface area (Å²) >= 11 is 0. The number of rotatable bonds is 6. The van der Waals surface area contributed by atoms with Gasteiger partial charge in [-0.25, -0.2) is 0 Å². The zero-order valence-electron chi connectivity index (χ0n) is 12.5. The van der Waals surface area contributed by atoms with E-state index in [1.54, 1.807) is 18.2 Å². The van der Waals surface area contributed by atoms with Crippen molar-refractivity contribution in [3.8, 4) is 17.2 Å². The van der Waals surface area contributed by atoms with E-state index in [0.717, 1.165) is 0 Å². The molecule has 23 heavy (non-hydrogen) atoms. The number of nitrogens with one attached hydrogen (secondary N) is 1. The summed E-state index contributed by atoms with van der Waals surface area (Å²) in [5.41, 5.74) is 0.335. The molecular formula is C16H15F2NO4. The molecule has 0 aliphatic rings. The van der Waals surface area contributed by atoms with Crippen LogP contribution in [-0.4, -0.2) is 26.7 Å². The number of alkyl halides is 2. The van der Waals surface area contributed by atoms with Crippen LogP contribution in [0.3, 0.4) is 0 Å². The lowest BCUT2D eigenvalue weighted by Gasteiger charge is -2.14. The first-order valence-corrected chi connectivity index (χ1v) is 6.63. The normalized spacial score (nSPS) is 10.3. The van der Waals surface area contributed by atoms with Gasteiger partial charge in [0.1, 0.15) is 5.75 Å². The Hall–Kier alpha value is -2.83. The van der Waals surface area contributed by atoms with Gasteiger partial charge >= 0.3 is 6.61 Å². The topological polar surface area (TPSA) is 56.8 Å². The van der Waals surface area contributed by atoms with Gasteiger partial charge in [-0.15, -0.1) is 0 Å². The molecule has 5 nitrogen and oxygen atoms in total. The number of amides is 1. The van der Waals surface area contributed by atoms with E-state index in [9.17, 15) is 13.6 Å². The molecule has 0 spiro atoms. The van der Waals surface area contributed by atoms with E-state index in [1.807, 2.05) is 0 Å². The number of hydrogen-bond acceptors (Lipinski definition) is 4. The number of methoxy groups -OCH3 is 2. The van der Waals surface area contributed by atoms with Gasteiger partial charge in [0.05, 0.1) is 25.5 Å². The molecule has 0 saturated carbocycles. The van der Waals surface area contributed by atoms with Crippen LogP contribution in [0.4, 0.5) is 14.5 Å². The van der Waals surface area contributed by atoms with Gasteiger partial charge in [-0.1, -0.05) is 18.2 Å². The first kappa shape index (κ1) is 16.5. The molecule has 0 saturated heterocycles.